The summed E-state index contributed by atoms with van der Waals surface area (Å²) in [6, 6.07) is 14.1. The first-order chi connectivity index (χ1) is 14.0. The van der Waals surface area contributed by atoms with Crippen molar-refractivity contribution < 1.29 is 19.1 Å². The summed E-state index contributed by atoms with van der Waals surface area (Å²) < 4.78 is 5.39. The number of anilines is 1. The lowest BCUT2D eigenvalue weighted by molar-refractivity contribution is -0.120. The first-order valence-electron chi connectivity index (χ1n) is 9.68. The number of carbonyl (C=O) groups excluding carboxylic acids is 3. The van der Waals surface area contributed by atoms with E-state index < -0.39 is 0 Å². The fourth-order valence-corrected chi connectivity index (χ4v) is 2.57. The average molecular weight is 397 g/mol. The first kappa shape index (κ1) is 21.9. The number of amides is 3. The van der Waals surface area contributed by atoms with Crippen molar-refractivity contribution in [3.8, 4) is 5.75 Å². The molecule has 0 bridgehead atoms. The molecule has 29 heavy (non-hydrogen) atoms. The number of nitrogens with one attached hydrogen (secondary N) is 3. The summed E-state index contributed by atoms with van der Waals surface area (Å²) in [6.07, 6.45) is 0.665. The number of rotatable bonds is 10. The lowest BCUT2D eigenvalue weighted by atomic mass is 10.1. The van der Waals surface area contributed by atoms with Crippen molar-refractivity contribution >= 4 is 23.4 Å². The van der Waals surface area contributed by atoms with E-state index in [1.165, 1.54) is 0 Å². The summed E-state index contributed by atoms with van der Waals surface area (Å²) in [5.74, 6) is 0.351. The molecule has 154 valence electrons. The molecule has 0 unspecified atom stereocenters. The summed E-state index contributed by atoms with van der Waals surface area (Å²) in [7, 11) is 0. The van der Waals surface area contributed by atoms with E-state index in [1.807, 2.05) is 31.2 Å². The highest BCUT2D eigenvalue weighted by atomic mass is 16.5. The second-order valence-electron chi connectivity index (χ2n) is 6.34. The van der Waals surface area contributed by atoms with Crippen LogP contribution in [0.15, 0.2) is 48.5 Å². The van der Waals surface area contributed by atoms with Gasteiger partial charge in [0.15, 0.2) is 0 Å². The van der Waals surface area contributed by atoms with Crippen molar-refractivity contribution in [1.82, 2.24) is 10.6 Å². The maximum absolute atomic E-state index is 12.2. The lowest BCUT2D eigenvalue weighted by Crippen LogP contribution is -2.34. The molecule has 0 aromatic heterocycles. The Kier molecular flexibility index (Phi) is 8.69. The van der Waals surface area contributed by atoms with Gasteiger partial charge < -0.3 is 20.7 Å². The van der Waals surface area contributed by atoms with Gasteiger partial charge in [-0.3, -0.25) is 14.4 Å². The monoisotopic (exact) mass is 397 g/mol. The van der Waals surface area contributed by atoms with Crippen LogP contribution in [0.25, 0.3) is 0 Å². The number of hydrogen-bond donors (Lipinski definition) is 3. The molecule has 0 saturated carbocycles. The van der Waals surface area contributed by atoms with Crippen LogP contribution >= 0.6 is 0 Å². The molecule has 2 aromatic carbocycles. The third-order valence-corrected chi connectivity index (χ3v) is 4.08. The average Bonchev–Trinajstić information content (AvgIpc) is 2.73. The Morgan fingerprint density at radius 1 is 0.828 bits per heavy atom. The molecule has 3 amide bonds. The molecule has 2 rings (SSSR count). The smallest absolute Gasteiger partial charge is 0.251 e. The second-order valence-corrected chi connectivity index (χ2v) is 6.34. The molecule has 3 N–H and O–H groups in total. The molecule has 0 aliphatic carbocycles. The van der Waals surface area contributed by atoms with Gasteiger partial charge in [-0.25, -0.2) is 0 Å². The van der Waals surface area contributed by atoms with Crippen LogP contribution in [0.2, 0.25) is 0 Å². The van der Waals surface area contributed by atoms with Crippen molar-refractivity contribution in [2.45, 2.75) is 26.7 Å². The molecular formula is C22H27N3O4. The Hall–Kier alpha value is -3.35. The lowest BCUT2D eigenvalue weighted by Gasteiger charge is -2.09. The molecule has 0 atom stereocenters. The molecule has 7 heteroatoms. The zero-order chi connectivity index (χ0) is 21.1. The zero-order valence-corrected chi connectivity index (χ0v) is 16.8. The normalized spacial score (nSPS) is 10.1. The molecule has 0 aliphatic rings. The Labute approximate surface area is 170 Å². The van der Waals surface area contributed by atoms with Crippen LogP contribution in [-0.4, -0.2) is 37.4 Å². The molecule has 2 aromatic rings. The topological polar surface area (TPSA) is 96.5 Å². The molecule has 0 fully saturated rings. The summed E-state index contributed by atoms with van der Waals surface area (Å²) in [5, 5.41) is 8.24. The highest BCUT2D eigenvalue weighted by molar-refractivity contribution is 5.96. The minimum absolute atomic E-state index is 0.0513. The molecule has 0 radical (unpaired) electrons. The van der Waals surface area contributed by atoms with Gasteiger partial charge in [-0.15, -0.1) is 0 Å². The van der Waals surface area contributed by atoms with Gasteiger partial charge in [-0.2, -0.15) is 0 Å². The van der Waals surface area contributed by atoms with Gasteiger partial charge in [0.25, 0.3) is 5.91 Å². The molecular weight excluding hydrogens is 370 g/mol. The van der Waals surface area contributed by atoms with E-state index in [2.05, 4.69) is 16.0 Å². The van der Waals surface area contributed by atoms with Crippen LogP contribution in [0.3, 0.4) is 0 Å². The van der Waals surface area contributed by atoms with Crippen LogP contribution in [0, 0.1) is 0 Å². The van der Waals surface area contributed by atoms with E-state index in [1.54, 1.807) is 31.2 Å². The van der Waals surface area contributed by atoms with Gasteiger partial charge in [0.05, 0.1) is 13.0 Å². The first-order valence-corrected chi connectivity index (χ1v) is 9.68. The van der Waals surface area contributed by atoms with Crippen LogP contribution in [-0.2, 0) is 16.0 Å². The third-order valence-electron chi connectivity index (χ3n) is 4.08. The SMILES string of the molecule is CCOc1ccc(CC(=O)Nc2ccc(C(=O)NCCNC(=O)CC)cc2)cc1. The second kappa shape index (κ2) is 11.5. The van der Waals surface area contributed by atoms with Crippen LogP contribution < -0.4 is 20.7 Å². The predicted octanol–water partition coefficient (Wildman–Crippen LogP) is 2.52. The summed E-state index contributed by atoms with van der Waals surface area (Å²) in [6.45, 7) is 5.03. The molecule has 7 nitrogen and oxygen atoms in total. The number of ether oxygens (including phenoxy) is 1. The summed E-state index contributed by atoms with van der Waals surface area (Å²) in [5.41, 5.74) is 1.99. The van der Waals surface area contributed by atoms with Gasteiger partial charge in [0.1, 0.15) is 5.75 Å². The Morgan fingerprint density at radius 2 is 1.48 bits per heavy atom. The minimum atomic E-state index is -0.233. The maximum Gasteiger partial charge on any atom is 0.251 e. The molecule has 0 aliphatic heterocycles. The van der Waals surface area contributed by atoms with Gasteiger partial charge in [0, 0.05) is 30.8 Å². The minimum Gasteiger partial charge on any atom is -0.494 e. The molecule has 0 heterocycles. The van der Waals surface area contributed by atoms with Gasteiger partial charge >= 0.3 is 0 Å². The molecule has 0 saturated heterocycles. The quantitative estimate of drug-likeness (QED) is 0.537. The number of benzene rings is 2. The van der Waals surface area contributed by atoms with E-state index in [9.17, 15) is 14.4 Å². The Morgan fingerprint density at radius 3 is 2.10 bits per heavy atom. The van der Waals surface area contributed by atoms with Crippen LogP contribution in [0.5, 0.6) is 5.75 Å². The van der Waals surface area contributed by atoms with Crippen molar-refractivity contribution in [1.29, 1.82) is 0 Å². The fraction of sp³-hybridized carbons (Fsp3) is 0.318. The van der Waals surface area contributed by atoms with Crippen molar-refractivity contribution in [3.63, 3.8) is 0 Å². The Balaban J connectivity index is 1.79. The predicted molar refractivity (Wildman–Crippen MR) is 112 cm³/mol. The van der Waals surface area contributed by atoms with E-state index in [-0.39, 0.29) is 24.1 Å². The number of carbonyl (C=O) groups is 3. The highest BCUT2D eigenvalue weighted by Gasteiger charge is 2.08. The van der Waals surface area contributed by atoms with E-state index >= 15 is 0 Å². The van der Waals surface area contributed by atoms with E-state index in [4.69, 9.17) is 4.74 Å². The zero-order valence-electron chi connectivity index (χ0n) is 16.8. The van der Waals surface area contributed by atoms with Crippen molar-refractivity contribution in [2.75, 3.05) is 25.0 Å². The fourth-order valence-electron chi connectivity index (χ4n) is 2.57. The van der Waals surface area contributed by atoms with Gasteiger partial charge in [-0.05, 0) is 48.9 Å². The van der Waals surface area contributed by atoms with Gasteiger partial charge in [-0.1, -0.05) is 19.1 Å². The standard InChI is InChI=1S/C22H27N3O4/c1-3-20(26)23-13-14-24-22(28)17-7-9-18(10-8-17)25-21(27)15-16-5-11-19(12-6-16)29-4-2/h5-12H,3-4,13-15H2,1-2H3,(H,23,26)(H,24,28)(H,25,27). The van der Waals surface area contributed by atoms with E-state index in [0.29, 0.717) is 37.4 Å². The Bertz CT molecular complexity index is 817. The summed E-state index contributed by atoms with van der Waals surface area (Å²) >= 11 is 0. The summed E-state index contributed by atoms with van der Waals surface area (Å²) in [4.78, 5) is 35.4. The third kappa shape index (κ3) is 7.65. The largest absolute Gasteiger partial charge is 0.494 e. The molecule has 0 spiro atoms. The van der Waals surface area contributed by atoms with Crippen molar-refractivity contribution in [3.05, 3.63) is 59.7 Å². The van der Waals surface area contributed by atoms with Crippen LogP contribution in [0.1, 0.15) is 36.2 Å². The van der Waals surface area contributed by atoms with Crippen LogP contribution in [0.4, 0.5) is 5.69 Å². The van der Waals surface area contributed by atoms with Gasteiger partial charge in [0.2, 0.25) is 11.8 Å². The highest BCUT2D eigenvalue weighted by Crippen LogP contribution is 2.14. The number of hydrogen-bond acceptors (Lipinski definition) is 4. The van der Waals surface area contributed by atoms with E-state index in [0.717, 1.165) is 11.3 Å². The van der Waals surface area contributed by atoms with Crippen molar-refractivity contribution in [2.24, 2.45) is 0 Å². The maximum atomic E-state index is 12.2.